The molecule has 2 aliphatic rings. The minimum atomic E-state index is -0.815. The molecule has 0 aromatic carbocycles. The van der Waals surface area contributed by atoms with E-state index in [0.29, 0.717) is 18.7 Å². The van der Waals surface area contributed by atoms with Crippen molar-refractivity contribution in [3.63, 3.8) is 0 Å². The van der Waals surface area contributed by atoms with Crippen LogP contribution in [0.2, 0.25) is 0 Å². The number of hydrogen-bond donors (Lipinski definition) is 3. The standard InChI is InChI=1S/C14H22N4O2/c1-18-11-5-3-2-4-10(11)12(17-18)13(19)16-9-14(20)6-7-15-8-14/h15,20H,2-9H2,1H3,(H,16,19). The third-order valence-electron chi connectivity index (χ3n) is 4.38. The molecular weight excluding hydrogens is 256 g/mol. The molecule has 0 radical (unpaired) electrons. The predicted octanol–water partition coefficient (Wildman–Crippen LogP) is -0.247. The quantitative estimate of drug-likeness (QED) is 0.712. The van der Waals surface area contributed by atoms with Crippen LogP contribution in [0.1, 0.15) is 41.0 Å². The van der Waals surface area contributed by atoms with E-state index in [9.17, 15) is 9.90 Å². The molecule has 0 spiro atoms. The molecule has 1 aliphatic carbocycles. The summed E-state index contributed by atoms with van der Waals surface area (Å²) in [6.07, 6.45) is 4.89. The molecule has 1 aromatic rings. The first kappa shape index (κ1) is 13.6. The molecule has 1 fully saturated rings. The molecule has 3 N–H and O–H groups in total. The Kier molecular flexibility index (Phi) is 3.52. The zero-order chi connectivity index (χ0) is 14.2. The van der Waals surface area contributed by atoms with Crippen LogP contribution in [0.5, 0.6) is 0 Å². The first-order valence-corrected chi connectivity index (χ1v) is 7.35. The predicted molar refractivity (Wildman–Crippen MR) is 74.6 cm³/mol. The molecule has 1 amide bonds. The molecule has 0 bridgehead atoms. The summed E-state index contributed by atoms with van der Waals surface area (Å²) in [5.74, 6) is -0.163. The molecule has 1 saturated heterocycles. The zero-order valence-electron chi connectivity index (χ0n) is 11.9. The van der Waals surface area contributed by atoms with Gasteiger partial charge in [-0.3, -0.25) is 9.48 Å². The number of fused-ring (bicyclic) bond motifs is 1. The Hall–Kier alpha value is -1.40. The molecule has 1 unspecified atom stereocenters. The van der Waals surface area contributed by atoms with E-state index in [1.54, 1.807) is 0 Å². The number of aryl methyl sites for hydroxylation is 1. The number of amides is 1. The maximum absolute atomic E-state index is 12.3. The van der Waals surface area contributed by atoms with Crippen LogP contribution >= 0.6 is 0 Å². The molecule has 2 heterocycles. The molecule has 110 valence electrons. The summed E-state index contributed by atoms with van der Waals surface area (Å²) in [6, 6.07) is 0. The van der Waals surface area contributed by atoms with Crippen molar-refractivity contribution in [2.45, 2.75) is 37.7 Å². The average Bonchev–Trinajstić information content (AvgIpc) is 3.02. The van der Waals surface area contributed by atoms with E-state index in [-0.39, 0.29) is 12.5 Å². The molecule has 1 atom stereocenters. The Bertz CT molecular complexity index is 517. The van der Waals surface area contributed by atoms with Crippen molar-refractivity contribution < 1.29 is 9.90 Å². The van der Waals surface area contributed by atoms with Gasteiger partial charge in [0.15, 0.2) is 5.69 Å². The van der Waals surface area contributed by atoms with Crippen molar-refractivity contribution >= 4 is 5.91 Å². The van der Waals surface area contributed by atoms with Gasteiger partial charge in [0, 0.05) is 31.4 Å². The first-order chi connectivity index (χ1) is 9.59. The van der Waals surface area contributed by atoms with Crippen molar-refractivity contribution in [1.82, 2.24) is 20.4 Å². The lowest BCUT2D eigenvalue weighted by molar-refractivity contribution is 0.0560. The van der Waals surface area contributed by atoms with E-state index in [4.69, 9.17) is 0 Å². The highest BCUT2D eigenvalue weighted by atomic mass is 16.3. The molecule has 1 aliphatic heterocycles. The molecule has 0 saturated carbocycles. The normalized spacial score (nSPS) is 25.5. The average molecular weight is 278 g/mol. The fourth-order valence-electron chi connectivity index (χ4n) is 3.16. The highest BCUT2D eigenvalue weighted by Crippen LogP contribution is 2.24. The summed E-state index contributed by atoms with van der Waals surface area (Å²) < 4.78 is 1.83. The number of aliphatic hydroxyl groups is 1. The van der Waals surface area contributed by atoms with Crippen LogP contribution in [0.25, 0.3) is 0 Å². The van der Waals surface area contributed by atoms with Crippen LogP contribution in [-0.4, -0.2) is 46.0 Å². The third-order valence-corrected chi connectivity index (χ3v) is 4.38. The minimum absolute atomic E-state index is 0.163. The minimum Gasteiger partial charge on any atom is -0.387 e. The summed E-state index contributed by atoms with van der Waals surface area (Å²) >= 11 is 0. The number of carbonyl (C=O) groups is 1. The Morgan fingerprint density at radius 2 is 2.30 bits per heavy atom. The van der Waals surface area contributed by atoms with Crippen LogP contribution in [0, 0.1) is 0 Å². The number of aromatic nitrogens is 2. The van der Waals surface area contributed by atoms with E-state index in [0.717, 1.165) is 31.4 Å². The third kappa shape index (κ3) is 2.45. The van der Waals surface area contributed by atoms with Gasteiger partial charge in [-0.2, -0.15) is 5.10 Å². The van der Waals surface area contributed by atoms with E-state index in [2.05, 4.69) is 15.7 Å². The molecule has 1 aromatic heterocycles. The van der Waals surface area contributed by atoms with Gasteiger partial charge in [-0.15, -0.1) is 0 Å². The Labute approximate surface area is 118 Å². The fourth-order valence-corrected chi connectivity index (χ4v) is 3.16. The second-order valence-corrected chi connectivity index (χ2v) is 5.94. The Morgan fingerprint density at radius 1 is 1.50 bits per heavy atom. The molecule has 6 nitrogen and oxygen atoms in total. The lowest BCUT2D eigenvalue weighted by Crippen LogP contribution is -2.44. The lowest BCUT2D eigenvalue weighted by atomic mass is 9.95. The summed E-state index contributed by atoms with van der Waals surface area (Å²) in [4.78, 5) is 12.3. The summed E-state index contributed by atoms with van der Waals surface area (Å²) in [5, 5.41) is 20.5. The van der Waals surface area contributed by atoms with Crippen molar-refractivity contribution in [2.75, 3.05) is 19.6 Å². The second-order valence-electron chi connectivity index (χ2n) is 5.94. The fraction of sp³-hybridized carbons (Fsp3) is 0.714. The molecular formula is C14H22N4O2. The smallest absolute Gasteiger partial charge is 0.272 e. The Morgan fingerprint density at radius 3 is 3.05 bits per heavy atom. The topological polar surface area (TPSA) is 79.2 Å². The Balaban J connectivity index is 1.71. The number of nitrogens with one attached hydrogen (secondary N) is 2. The summed E-state index contributed by atoms with van der Waals surface area (Å²) in [5.41, 5.74) is 2.00. The van der Waals surface area contributed by atoms with Gasteiger partial charge in [-0.1, -0.05) is 0 Å². The van der Waals surface area contributed by atoms with E-state index >= 15 is 0 Å². The maximum atomic E-state index is 12.3. The van der Waals surface area contributed by atoms with Crippen molar-refractivity contribution in [3.05, 3.63) is 17.0 Å². The zero-order valence-corrected chi connectivity index (χ0v) is 11.9. The van der Waals surface area contributed by atoms with Crippen LogP contribution in [0.4, 0.5) is 0 Å². The largest absolute Gasteiger partial charge is 0.387 e. The molecule has 3 rings (SSSR count). The highest BCUT2D eigenvalue weighted by molar-refractivity contribution is 5.94. The van der Waals surface area contributed by atoms with Gasteiger partial charge in [0.2, 0.25) is 0 Å². The summed E-state index contributed by atoms with van der Waals surface area (Å²) in [6.45, 7) is 1.61. The summed E-state index contributed by atoms with van der Waals surface area (Å²) in [7, 11) is 1.90. The van der Waals surface area contributed by atoms with Gasteiger partial charge in [0.1, 0.15) is 0 Å². The van der Waals surface area contributed by atoms with Crippen LogP contribution in [0.15, 0.2) is 0 Å². The van der Waals surface area contributed by atoms with E-state index < -0.39 is 5.60 Å². The van der Waals surface area contributed by atoms with Gasteiger partial charge < -0.3 is 15.7 Å². The van der Waals surface area contributed by atoms with Crippen LogP contribution in [0.3, 0.4) is 0 Å². The van der Waals surface area contributed by atoms with Crippen molar-refractivity contribution in [1.29, 1.82) is 0 Å². The van der Waals surface area contributed by atoms with E-state index in [1.165, 1.54) is 12.1 Å². The number of carbonyl (C=O) groups excluding carboxylic acids is 1. The van der Waals surface area contributed by atoms with Crippen molar-refractivity contribution in [3.8, 4) is 0 Å². The van der Waals surface area contributed by atoms with Gasteiger partial charge >= 0.3 is 0 Å². The molecule has 20 heavy (non-hydrogen) atoms. The number of β-amino-alcohol motifs (C(OH)–C–C–N with tert-alkyl or cyclic N) is 1. The van der Waals surface area contributed by atoms with Crippen LogP contribution < -0.4 is 10.6 Å². The number of rotatable bonds is 3. The number of nitrogens with zero attached hydrogens (tertiary/aromatic N) is 2. The van der Waals surface area contributed by atoms with Gasteiger partial charge in [-0.05, 0) is 38.6 Å². The SMILES string of the molecule is Cn1nc(C(=O)NCC2(O)CCNC2)c2c1CCCC2. The maximum Gasteiger partial charge on any atom is 0.272 e. The lowest BCUT2D eigenvalue weighted by Gasteiger charge is -2.21. The van der Waals surface area contributed by atoms with Crippen molar-refractivity contribution in [2.24, 2.45) is 7.05 Å². The van der Waals surface area contributed by atoms with E-state index in [1.807, 2.05) is 11.7 Å². The van der Waals surface area contributed by atoms with Crippen LogP contribution in [-0.2, 0) is 19.9 Å². The first-order valence-electron chi connectivity index (χ1n) is 7.35. The highest BCUT2D eigenvalue weighted by Gasteiger charge is 2.32. The van der Waals surface area contributed by atoms with Gasteiger partial charge in [-0.25, -0.2) is 0 Å². The second kappa shape index (κ2) is 5.18. The number of hydrogen-bond acceptors (Lipinski definition) is 4. The monoisotopic (exact) mass is 278 g/mol. The molecule has 6 heteroatoms. The van der Waals surface area contributed by atoms with Gasteiger partial charge in [0.05, 0.1) is 5.60 Å². The van der Waals surface area contributed by atoms with Gasteiger partial charge in [0.25, 0.3) is 5.91 Å².